The van der Waals surface area contributed by atoms with E-state index >= 15 is 0 Å². The summed E-state index contributed by atoms with van der Waals surface area (Å²) in [6.45, 7) is 6.67. The molecule has 0 spiro atoms. The number of benzene rings is 1. The first kappa shape index (κ1) is 16.3. The van der Waals surface area contributed by atoms with Crippen LogP contribution in [0.25, 0.3) is 0 Å². The van der Waals surface area contributed by atoms with Crippen molar-refractivity contribution >= 4 is 5.69 Å². The van der Waals surface area contributed by atoms with Gasteiger partial charge in [-0.05, 0) is 68.2 Å². The average molecular weight is 292 g/mol. The zero-order valence-corrected chi connectivity index (χ0v) is 13.8. The van der Waals surface area contributed by atoms with Crippen molar-refractivity contribution in [3.05, 3.63) is 29.6 Å². The topological polar surface area (TPSA) is 29.3 Å². The van der Waals surface area contributed by atoms with Crippen molar-refractivity contribution in [2.75, 3.05) is 11.9 Å². The highest BCUT2D eigenvalue weighted by Crippen LogP contribution is 2.38. The van der Waals surface area contributed by atoms with Crippen LogP contribution in [0.15, 0.2) is 18.2 Å². The summed E-state index contributed by atoms with van der Waals surface area (Å²) in [4.78, 5) is 2.34. The second-order valence-corrected chi connectivity index (χ2v) is 7.46. The molecule has 0 aromatic heterocycles. The molecule has 1 unspecified atom stereocenters. The fourth-order valence-corrected chi connectivity index (χ4v) is 3.38. The van der Waals surface area contributed by atoms with Crippen LogP contribution in [-0.2, 0) is 6.42 Å². The molecule has 0 aliphatic heterocycles. The SMILES string of the molecule is CC(N)Cc1cc(F)ccc1N(C)C1CCC(C)(C)CC1. The van der Waals surface area contributed by atoms with Gasteiger partial charge in [0.2, 0.25) is 0 Å². The maximum Gasteiger partial charge on any atom is 0.123 e. The Balaban J connectivity index is 2.17. The number of halogens is 1. The quantitative estimate of drug-likeness (QED) is 0.904. The first-order chi connectivity index (χ1) is 9.78. The molecule has 2 N–H and O–H groups in total. The van der Waals surface area contributed by atoms with E-state index in [0.29, 0.717) is 11.5 Å². The highest BCUT2D eigenvalue weighted by Gasteiger charge is 2.29. The van der Waals surface area contributed by atoms with Gasteiger partial charge in [-0.2, -0.15) is 0 Å². The normalized spacial score (nSPS) is 20.3. The van der Waals surface area contributed by atoms with Crippen LogP contribution in [0.2, 0.25) is 0 Å². The summed E-state index contributed by atoms with van der Waals surface area (Å²) < 4.78 is 13.5. The predicted octanol–water partition coefficient (Wildman–Crippen LogP) is 4.12. The van der Waals surface area contributed by atoms with Gasteiger partial charge in [0.05, 0.1) is 0 Å². The molecule has 0 amide bonds. The molecule has 2 rings (SSSR count). The zero-order valence-electron chi connectivity index (χ0n) is 13.8. The molecule has 3 heteroatoms. The molecular formula is C18H29FN2. The fourth-order valence-electron chi connectivity index (χ4n) is 3.38. The fraction of sp³-hybridized carbons (Fsp3) is 0.667. The van der Waals surface area contributed by atoms with E-state index in [4.69, 9.17) is 5.73 Å². The monoisotopic (exact) mass is 292 g/mol. The van der Waals surface area contributed by atoms with Crippen molar-refractivity contribution in [2.24, 2.45) is 11.1 Å². The van der Waals surface area contributed by atoms with Crippen LogP contribution in [0.1, 0.15) is 52.0 Å². The van der Waals surface area contributed by atoms with Crippen molar-refractivity contribution in [3.8, 4) is 0 Å². The molecule has 0 saturated heterocycles. The number of hydrogen-bond acceptors (Lipinski definition) is 2. The van der Waals surface area contributed by atoms with Crippen LogP contribution in [0.5, 0.6) is 0 Å². The molecule has 1 atom stereocenters. The van der Waals surface area contributed by atoms with Crippen molar-refractivity contribution in [3.63, 3.8) is 0 Å². The lowest BCUT2D eigenvalue weighted by molar-refractivity contribution is 0.222. The van der Waals surface area contributed by atoms with Gasteiger partial charge in [-0.1, -0.05) is 13.8 Å². The van der Waals surface area contributed by atoms with E-state index in [9.17, 15) is 4.39 Å². The molecule has 0 radical (unpaired) electrons. The van der Waals surface area contributed by atoms with E-state index in [-0.39, 0.29) is 11.9 Å². The summed E-state index contributed by atoms with van der Waals surface area (Å²) in [6, 6.07) is 5.71. The number of nitrogens with zero attached hydrogens (tertiary/aromatic N) is 1. The lowest BCUT2D eigenvalue weighted by Gasteiger charge is -2.40. The largest absolute Gasteiger partial charge is 0.371 e. The Kier molecular flexibility index (Phi) is 4.92. The Labute approximate surface area is 128 Å². The van der Waals surface area contributed by atoms with Crippen LogP contribution >= 0.6 is 0 Å². The Morgan fingerprint density at radius 2 is 1.95 bits per heavy atom. The number of nitrogens with two attached hydrogens (primary N) is 1. The van der Waals surface area contributed by atoms with Gasteiger partial charge in [-0.3, -0.25) is 0 Å². The molecule has 2 nitrogen and oxygen atoms in total. The molecular weight excluding hydrogens is 263 g/mol. The second-order valence-electron chi connectivity index (χ2n) is 7.46. The molecule has 0 heterocycles. The highest BCUT2D eigenvalue weighted by atomic mass is 19.1. The van der Waals surface area contributed by atoms with Gasteiger partial charge >= 0.3 is 0 Å². The van der Waals surface area contributed by atoms with E-state index < -0.39 is 0 Å². The third-order valence-electron chi connectivity index (χ3n) is 4.82. The van der Waals surface area contributed by atoms with Crippen LogP contribution in [0.3, 0.4) is 0 Å². The molecule has 1 aromatic rings. The van der Waals surface area contributed by atoms with Gasteiger partial charge in [0.25, 0.3) is 0 Å². The van der Waals surface area contributed by atoms with Gasteiger partial charge in [0.15, 0.2) is 0 Å². The van der Waals surface area contributed by atoms with Gasteiger partial charge < -0.3 is 10.6 Å². The van der Waals surface area contributed by atoms with E-state index in [1.807, 2.05) is 13.0 Å². The van der Waals surface area contributed by atoms with Crippen LogP contribution in [-0.4, -0.2) is 19.1 Å². The Morgan fingerprint density at radius 3 is 2.52 bits per heavy atom. The van der Waals surface area contributed by atoms with Gasteiger partial charge in [0, 0.05) is 24.8 Å². The summed E-state index contributed by atoms with van der Waals surface area (Å²) in [5.74, 6) is -0.174. The first-order valence-electron chi connectivity index (χ1n) is 8.05. The molecule has 118 valence electrons. The predicted molar refractivity (Wildman–Crippen MR) is 88.2 cm³/mol. The van der Waals surface area contributed by atoms with Crippen molar-refractivity contribution in [1.82, 2.24) is 0 Å². The lowest BCUT2D eigenvalue weighted by Crippen LogP contribution is -2.38. The molecule has 1 aromatic carbocycles. The summed E-state index contributed by atoms with van der Waals surface area (Å²) in [6.07, 6.45) is 5.64. The molecule has 1 aliphatic carbocycles. The highest BCUT2D eigenvalue weighted by molar-refractivity contribution is 5.54. The maximum atomic E-state index is 13.5. The average Bonchev–Trinajstić information content (AvgIpc) is 2.37. The Hall–Kier alpha value is -1.09. The number of hydrogen-bond donors (Lipinski definition) is 1. The standard InChI is InChI=1S/C18H29FN2/c1-13(20)11-14-12-15(19)5-6-17(14)21(4)16-7-9-18(2,3)10-8-16/h5-6,12-13,16H,7-11,20H2,1-4H3. The van der Waals surface area contributed by atoms with E-state index in [2.05, 4.69) is 25.8 Å². The Morgan fingerprint density at radius 1 is 1.33 bits per heavy atom. The second kappa shape index (κ2) is 6.35. The van der Waals surface area contributed by atoms with Gasteiger partial charge in [-0.15, -0.1) is 0 Å². The van der Waals surface area contributed by atoms with Crippen molar-refractivity contribution < 1.29 is 4.39 Å². The van der Waals surface area contributed by atoms with Crippen LogP contribution < -0.4 is 10.6 Å². The summed E-state index contributed by atoms with van der Waals surface area (Å²) in [5.41, 5.74) is 8.55. The van der Waals surface area contributed by atoms with E-state index in [1.54, 1.807) is 12.1 Å². The Bertz CT molecular complexity index is 472. The summed E-state index contributed by atoms with van der Waals surface area (Å²) in [5, 5.41) is 0. The summed E-state index contributed by atoms with van der Waals surface area (Å²) >= 11 is 0. The molecule has 1 fully saturated rings. The molecule has 1 aliphatic rings. The molecule has 21 heavy (non-hydrogen) atoms. The van der Waals surface area contributed by atoms with Crippen LogP contribution in [0.4, 0.5) is 10.1 Å². The van der Waals surface area contributed by atoms with E-state index in [1.165, 1.54) is 25.7 Å². The minimum Gasteiger partial charge on any atom is -0.371 e. The van der Waals surface area contributed by atoms with E-state index in [0.717, 1.165) is 17.7 Å². The summed E-state index contributed by atoms with van der Waals surface area (Å²) in [7, 11) is 2.14. The zero-order chi connectivity index (χ0) is 15.6. The first-order valence-corrected chi connectivity index (χ1v) is 8.05. The number of rotatable bonds is 4. The molecule has 1 saturated carbocycles. The van der Waals surface area contributed by atoms with Crippen LogP contribution in [0, 0.1) is 11.2 Å². The third kappa shape index (κ3) is 4.19. The van der Waals surface area contributed by atoms with Crippen molar-refractivity contribution in [1.29, 1.82) is 0 Å². The maximum absolute atomic E-state index is 13.5. The van der Waals surface area contributed by atoms with Gasteiger partial charge in [0.1, 0.15) is 5.82 Å². The molecule has 0 bridgehead atoms. The minimum absolute atomic E-state index is 0.0456. The number of anilines is 1. The van der Waals surface area contributed by atoms with Crippen molar-refractivity contribution in [2.45, 2.75) is 65.0 Å². The minimum atomic E-state index is -0.174. The third-order valence-corrected chi connectivity index (χ3v) is 4.82. The lowest BCUT2D eigenvalue weighted by atomic mass is 9.75. The van der Waals surface area contributed by atoms with Gasteiger partial charge in [-0.25, -0.2) is 4.39 Å². The smallest absolute Gasteiger partial charge is 0.123 e.